The quantitative estimate of drug-likeness (QED) is 0.660. The smallest absolute Gasteiger partial charge is 0.270 e. The number of anilines is 1. The highest BCUT2D eigenvalue weighted by Crippen LogP contribution is 2.43. The molecule has 152 valence electrons. The van der Waals surface area contributed by atoms with Gasteiger partial charge in [-0.15, -0.1) is 10.2 Å². The van der Waals surface area contributed by atoms with Crippen molar-refractivity contribution in [1.82, 2.24) is 14.9 Å². The summed E-state index contributed by atoms with van der Waals surface area (Å²) in [6.45, 7) is 5.78. The maximum atomic E-state index is 12.9. The van der Waals surface area contributed by atoms with Crippen LogP contribution >= 0.6 is 11.3 Å². The minimum absolute atomic E-state index is 0.163. The first-order chi connectivity index (χ1) is 13.3. The Bertz CT molecular complexity index is 954. The zero-order valence-electron chi connectivity index (χ0n) is 16.1. The van der Waals surface area contributed by atoms with Gasteiger partial charge in [0.2, 0.25) is 15.4 Å². The SMILES string of the molecule is CCC(=O)Nc1nnc(S(=O)(=O)N[C@@H]2CC(CC)(CC)Oc3ccccc32)s1. The topological polar surface area (TPSA) is 110 Å². The molecule has 3 rings (SSSR count). The molecule has 1 aliphatic heterocycles. The fraction of sp³-hybridized carbons (Fsp3) is 0.500. The molecule has 1 aromatic carbocycles. The molecule has 0 spiro atoms. The molecule has 8 nitrogen and oxygen atoms in total. The monoisotopic (exact) mass is 424 g/mol. The molecule has 0 unspecified atom stereocenters. The van der Waals surface area contributed by atoms with Crippen LogP contribution in [0.1, 0.15) is 58.1 Å². The van der Waals surface area contributed by atoms with Crippen molar-refractivity contribution in [2.24, 2.45) is 0 Å². The van der Waals surface area contributed by atoms with Crippen LogP contribution in [0.2, 0.25) is 0 Å². The standard InChI is InChI=1S/C18H24N4O4S2/c1-4-15(23)19-16-20-21-17(27-16)28(24,25)22-13-11-18(5-2,6-3)26-14-10-8-7-9-12(13)14/h7-10,13,22H,4-6,11H2,1-3H3,(H,19,20,23)/t13-/m1/s1. The Kier molecular flexibility index (Phi) is 6.01. The zero-order valence-corrected chi connectivity index (χ0v) is 17.7. The number of nitrogens with zero attached hydrogens (tertiary/aromatic N) is 2. The van der Waals surface area contributed by atoms with Crippen molar-refractivity contribution >= 4 is 32.4 Å². The largest absolute Gasteiger partial charge is 0.487 e. The molecule has 10 heteroatoms. The van der Waals surface area contributed by atoms with Crippen molar-refractivity contribution in [3.05, 3.63) is 29.8 Å². The van der Waals surface area contributed by atoms with Gasteiger partial charge in [0.25, 0.3) is 10.0 Å². The van der Waals surface area contributed by atoms with Gasteiger partial charge in [-0.25, -0.2) is 13.1 Å². The second-order valence-electron chi connectivity index (χ2n) is 6.68. The molecule has 0 fully saturated rings. The van der Waals surface area contributed by atoms with Crippen LogP contribution in [0.15, 0.2) is 28.6 Å². The van der Waals surface area contributed by atoms with E-state index in [1.807, 2.05) is 38.1 Å². The van der Waals surface area contributed by atoms with Gasteiger partial charge in [-0.05, 0) is 18.9 Å². The van der Waals surface area contributed by atoms with E-state index < -0.39 is 21.7 Å². The number of ether oxygens (including phenoxy) is 1. The number of aromatic nitrogens is 2. The lowest BCUT2D eigenvalue weighted by Crippen LogP contribution is -2.44. The zero-order chi connectivity index (χ0) is 20.4. The number of para-hydroxylation sites is 1. The lowest BCUT2D eigenvalue weighted by Gasteiger charge is -2.41. The average molecular weight is 425 g/mol. The number of rotatable bonds is 7. The van der Waals surface area contributed by atoms with E-state index in [1.165, 1.54) is 0 Å². The molecule has 0 saturated heterocycles. The molecule has 1 amide bonds. The van der Waals surface area contributed by atoms with Gasteiger partial charge in [-0.1, -0.05) is 50.3 Å². The van der Waals surface area contributed by atoms with Crippen LogP contribution < -0.4 is 14.8 Å². The molecule has 1 aromatic heterocycles. The lowest BCUT2D eigenvalue weighted by atomic mass is 9.84. The predicted octanol–water partition coefficient (Wildman–Crippen LogP) is 3.25. The number of carbonyl (C=O) groups excluding carboxylic acids is 1. The van der Waals surface area contributed by atoms with Crippen molar-refractivity contribution in [2.45, 2.75) is 62.4 Å². The lowest BCUT2D eigenvalue weighted by molar-refractivity contribution is -0.115. The van der Waals surface area contributed by atoms with Gasteiger partial charge in [0.1, 0.15) is 11.4 Å². The fourth-order valence-corrected chi connectivity index (χ4v) is 5.37. The highest BCUT2D eigenvalue weighted by molar-refractivity contribution is 7.91. The maximum Gasteiger partial charge on any atom is 0.270 e. The van der Waals surface area contributed by atoms with Crippen molar-refractivity contribution in [3.63, 3.8) is 0 Å². The number of hydrogen-bond donors (Lipinski definition) is 2. The first-order valence-corrected chi connectivity index (χ1v) is 11.6. The summed E-state index contributed by atoms with van der Waals surface area (Å²) in [4.78, 5) is 11.5. The van der Waals surface area contributed by atoms with E-state index >= 15 is 0 Å². The summed E-state index contributed by atoms with van der Waals surface area (Å²) in [7, 11) is -3.90. The van der Waals surface area contributed by atoms with Gasteiger partial charge < -0.3 is 10.1 Å². The highest BCUT2D eigenvalue weighted by Gasteiger charge is 2.40. The molecule has 1 atom stereocenters. The highest BCUT2D eigenvalue weighted by atomic mass is 32.2. The molecule has 28 heavy (non-hydrogen) atoms. The minimum atomic E-state index is -3.90. The average Bonchev–Trinajstić information content (AvgIpc) is 3.17. The predicted molar refractivity (Wildman–Crippen MR) is 107 cm³/mol. The Morgan fingerprint density at radius 3 is 2.64 bits per heavy atom. The molecular formula is C18H24N4O4S2. The molecule has 0 bridgehead atoms. The number of sulfonamides is 1. The van der Waals surface area contributed by atoms with E-state index in [9.17, 15) is 13.2 Å². The third-order valence-corrected chi connectivity index (χ3v) is 7.66. The normalized spacial score (nSPS) is 18.2. The summed E-state index contributed by atoms with van der Waals surface area (Å²) in [5, 5.41) is 10.2. The summed E-state index contributed by atoms with van der Waals surface area (Å²) >= 11 is 0.829. The third-order valence-electron chi connectivity index (χ3n) is 4.99. The fourth-order valence-electron chi connectivity index (χ4n) is 3.22. The van der Waals surface area contributed by atoms with Crippen molar-refractivity contribution < 1.29 is 17.9 Å². The van der Waals surface area contributed by atoms with Crippen LogP contribution in [0, 0.1) is 0 Å². The molecule has 0 radical (unpaired) electrons. The Balaban J connectivity index is 1.88. The third kappa shape index (κ3) is 4.18. The number of amides is 1. The number of nitrogens with one attached hydrogen (secondary N) is 2. The minimum Gasteiger partial charge on any atom is -0.487 e. The molecule has 2 aromatic rings. The summed E-state index contributed by atoms with van der Waals surface area (Å²) < 4.78 is 34.6. The summed E-state index contributed by atoms with van der Waals surface area (Å²) in [6.07, 6.45) is 2.33. The number of carbonyl (C=O) groups is 1. The van der Waals surface area contributed by atoms with Crippen LogP contribution in [0.5, 0.6) is 5.75 Å². The van der Waals surface area contributed by atoms with Crippen molar-refractivity contribution in [1.29, 1.82) is 0 Å². The Hall–Kier alpha value is -2.04. The number of benzene rings is 1. The van der Waals surface area contributed by atoms with E-state index in [0.29, 0.717) is 12.2 Å². The van der Waals surface area contributed by atoms with Crippen LogP contribution in [-0.4, -0.2) is 30.1 Å². The second-order valence-corrected chi connectivity index (χ2v) is 9.55. The molecule has 0 saturated carbocycles. The molecular weight excluding hydrogens is 400 g/mol. The Labute approximate surface area is 168 Å². The Morgan fingerprint density at radius 1 is 1.25 bits per heavy atom. The van der Waals surface area contributed by atoms with E-state index in [1.54, 1.807) is 6.92 Å². The van der Waals surface area contributed by atoms with Gasteiger partial charge in [0.05, 0.1) is 6.04 Å². The van der Waals surface area contributed by atoms with Gasteiger partial charge in [-0.3, -0.25) is 4.79 Å². The first-order valence-electron chi connectivity index (χ1n) is 9.26. The summed E-state index contributed by atoms with van der Waals surface area (Å²) in [5.74, 6) is 0.445. The molecule has 0 aliphatic carbocycles. The van der Waals surface area contributed by atoms with Crippen LogP contribution in [0.4, 0.5) is 5.13 Å². The molecule has 2 heterocycles. The second kappa shape index (κ2) is 8.14. The number of fused-ring (bicyclic) bond motifs is 1. The summed E-state index contributed by atoms with van der Waals surface area (Å²) in [5.41, 5.74) is 0.371. The van der Waals surface area contributed by atoms with E-state index in [-0.39, 0.29) is 21.8 Å². The van der Waals surface area contributed by atoms with Crippen molar-refractivity contribution in [3.8, 4) is 5.75 Å². The van der Waals surface area contributed by atoms with E-state index in [0.717, 1.165) is 29.7 Å². The van der Waals surface area contributed by atoms with E-state index in [2.05, 4.69) is 20.2 Å². The maximum absolute atomic E-state index is 12.9. The van der Waals surface area contributed by atoms with Gasteiger partial charge in [-0.2, -0.15) is 0 Å². The molecule has 1 aliphatic rings. The van der Waals surface area contributed by atoms with Gasteiger partial charge in [0.15, 0.2) is 0 Å². The molecule has 2 N–H and O–H groups in total. The van der Waals surface area contributed by atoms with Crippen LogP contribution in [0.25, 0.3) is 0 Å². The van der Waals surface area contributed by atoms with Gasteiger partial charge >= 0.3 is 0 Å². The Morgan fingerprint density at radius 2 is 1.96 bits per heavy atom. The first kappa shape index (κ1) is 20.7. The van der Waals surface area contributed by atoms with Crippen LogP contribution in [0.3, 0.4) is 0 Å². The number of hydrogen-bond acceptors (Lipinski definition) is 7. The van der Waals surface area contributed by atoms with Crippen molar-refractivity contribution in [2.75, 3.05) is 5.32 Å². The summed E-state index contributed by atoms with van der Waals surface area (Å²) in [6, 6.07) is 7.02. The van der Waals surface area contributed by atoms with Gasteiger partial charge in [0, 0.05) is 18.4 Å². The van der Waals surface area contributed by atoms with Crippen LogP contribution in [-0.2, 0) is 14.8 Å². The van der Waals surface area contributed by atoms with E-state index in [4.69, 9.17) is 4.74 Å².